The van der Waals surface area contributed by atoms with Crippen LogP contribution in [0.15, 0.2) is 0 Å². The monoisotopic (exact) mass is 227 g/mol. The fourth-order valence-corrected chi connectivity index (χ4v) is 2.03. The van der Waals surface area contributed by atoms with Gasteiger partial charge in [-0.25, -0.2) is 4.79 Å². The third kappa shape index (κ3) is 2.74. The second kappa shape index (κ2) is 4.85. The molecule has 0 aromatic heterocycles. The molecular formula is C12H21NO3. The van der Waals surface area contributed by atoms with Gasteiger partial charge in [0.25, 0.3) is 0 Å². The van der Waals surface area contributed by atoms with E-state index < -0.39 is 12.0 Å². The molecule has 1 amide bonds. The molecule has 3 unspecified atom stereocenters. The smallest absolute Gasteiger partial charge is 0.326 e. The van der Waals surface area contributed by atoms with Crippen LogP contribution in [0.4, 0.5) is 0 Å². The highest BCUT2D eigenvalue weighted by Crippen LogP contribution is 2.54. The third-order valence-corrected chi connectivity index (χ3v) is 3.67. The molecule has 3 atom stereocenters. The normalized spacial score (nSPS) is 29.6. The molecular weight excluding hydrogens is 206 g/mol. The van der Waals surface area contributed by atoms with Gasteiger partial charge in [0.05, 0.1) is 0 Å². The Hall–Kier alpha value is -1.06. The maximum absolute atomic E-state index is 11.8. The molecule has 0 aromatic rings. The van der Waals surface area contributed by atoms with Crippen LogP contribution in [0.1, 0.15) is 46.5 Å². The number of nitrogens with one attached hydrogen (secondary N) is 1. The second-order valence-electron chi connectivity index (χ2n) is 4.95. The van der Waals surface area contributed by atoms with Crippen LogP contribution in [0.3, 0.4) is 0 Å². The van der Waals surface area contributed by atoms with Crippen LogP contribution in [-0.2, 0) is 9.59 Å². The molecule has 16 heavy (non-hydrogen) atoms. The van der Waals surface area contributed by atoms with Gasteiger partial charge in [0.2, 0.25) is 5.91 Å². The van der Waals surface area contributed by atoms with E-state index in [9.17, 15) is 9.59 Å². The maximum atomic E-state index is 11.8. The van der Waals surface area contributed by atoms with E-state index in [0.717, 1.165) is 19.3 Å². The zero-order chi connectivity index (χ0) is 12.3. The number of amides is 1. The van der Waals surface area contributed by atoms with Gasteiger partial charge < -0.3 is 10.4 Å². The van der Waals surface area contributed by atoms with E-state index in [0.29, 0.717) is 6.42 Å². The SMILES string of the molecule is CCCC(NC(=O)C1CC1(C)CC)C(=O)O. The van der Waals surface area contributed by atoms with Crippen molar-refractivity contribution < 1.29 is 14.7 Å². The van der Waals surface area contributed by atoms with Crippen molar-refractivity contribution >= 4 is 11.9 Å². The van der Waals surface area contributed by atoms with Crippen molar-refractivity contribution in [1.82, 2.24) is 5.32 Å². The summed E-state index contributed by atoms with van der Waals surface area (Å²) in [5.74, 6) is -1.02. The standard InChI is InChI=1S/C12H21NO3/c1-4-6-9(11(15)16)13-10(14)8-7-12(8,3)5-2/h8-9H,4-7H2,1-3H3,(H,13,14)(H,15,16). The fraction of sp³-hybridized carbons (Fsp3) is 0.833. The molecule has 0 aliphatic heterocycles. The van der Waals surface area contributed by atoms with Gasteiger partial charge >= 0.3 is 5.97 Å². The largest absolute Gasteiger partial charge is 0.480 e. The molecule has 4 heteroatoms. The van der Waals surface area contributed by atoms with Gasteiger partial charge in [-0.3, -0.25) is 4.79 Å². The van der Waals surface area contributed by atoms with Crippen LogP contribution >= 0.6 is 0 Å². The van der Waals surface area contributed by atoms with E-state index in [1.165, 1.54) is 0 Å². The van der Waals surface area contributed by atoms with Gasteiger partial charge in [-0.1, -0.05) is 27.2 Å². The van der Waals surface area contributed by atoms with Crippen LogP contribution in [0, 0.1) is 11.3 Å². The summed E-state index contributed by atoms with van der Waals surface area (Å²) in [5, 5.41) is 11.6. The van der Waals surface area contributed by atoms with Crippen LogP contribution in [0.25, 0.3) is 0 Å². The first kappa shape index (κ1) is 13.0. The van der Waals surface area contributed by atoms with E-state index in [1.807, 2.05) is 6.92 Å². The van der Waals surface area contributed by atoms with Crippen LogP contribution in [0.2, 0.25) is 0 Å². The number of carbonyl (C=O) groups is 2. The van der Waals surface area contributed by atoms with E-state index in [-0.39, 0.29) is 17.2 Å². The van der Waals surface area contributed by atoms with Gasteiger partial charge in [0, 0.05) is 5.92 Å². The second-order valence-corrected chi connectivity index (χ2v) is 4.95. The Labute approximate surface area is 96.4 Å². The van der Waals surface area contributed by atoms with Crippen molar-refractivity contribution in [3.05, 3.63) is 0 Å². The Morgan fingerprint density at radius 2 is 2.12 bits per heavy atom. The van der Waals surface area contributed by atoms with Crippen molar-refractivity contribution in [2.75, 3.05) is 0 Å². The Kier molecular flexibility index (Phi) is 3.94. The Morgan fingerprint density at radius 3 is 2.50 bits per heavy atom. The molecule has 0 spiro atoms. The highest BCUT2D eigenvalue weighted by atomic mass is 16.4. The summed E-state index contributed by atoms with van der Waals surface area (Å²) < 4.78 is 0. The lowest BCUT2D eigenvalue weighted by atomic mass is 10.0. The number of carbonyl (C=O) groups excluding carboxylic acids is 1. The Balaban J connectivity index is 2.48. The lowest BCUT2D eigenvalue weighted by Crippen LogP contribution is -2.42. The summed E-state index contributed by atoms with van der Waals surface area (Å²) in [6, 6.07) is -0.723. The quantitative estimate of drug-likeness (QED) is 0.727. The predicted molar refractivity (Wildman–Crippen MR) is 61.0 cm³/mol. The minimum atomic E-state index is -0.936. The Morgan fingerprint density at radius 1 is 1.50 bits per heavy atom. The van der Waals surface area contributed by atoms with Crippen molar-refractivity contribution in [1.29, 1.82) is 0 Å². The van der Waals surface area contributed by atoms with E-state index >= 15 is 0 Å². The molecule has 4 nitrogen and oxygen atoms in total. The van der Waals surface area contributed by atoms with Crippen molar-refractivity contribution in [3.63, 3.8) is 0 Å². The van der Waals surface area contributed by atoms with Gasteiger partial charge in [0.1, 0.15) is 6.04 Å². The third-order valence-electron chi connectivity index (χ3n) is 3.67. The van der Waals surface area contributed by atoms with Crippen molar-refractivity contribution in [2.24, 2.45) is 11.3 Å². The number of aliphatic carboxylic acids is 1. The number of hydrogen-bond donors (Lipinski definition) is 2. The summed E-state index contributed by atoms with van der Waals surface area (Å²) in [7, 11) is 0. The molecule has 1 aliphatic rings. The first-order chi connectivity index (χ1) is 7.44. The van der Waals surface area contributed by atoms with Gasteiger partial charge in [0.15, 0.2) is 0 Å². The molecule has 92 valence electrons. The van der Waals surface area contributed by atoms with Crippen LogP contribution in [-0.4, -0.2) is 23.0 Å². The molecule has 1 rings (SSSR count). The Bertz CT molecular complexity index is 290. The first-order valence-electron chi connectivity index (χ1n) is 5.97. The molecule has 2 N–H and O–H groups in total. The molecule has 1 aliphatic carbocycles. The molecule has 0 bridgehead atoms. The maximum Gasteiger partial charge on any atom is 0.326 e. The lowest BCUT2D eigenvalue weighted by Gasteiger charge is -2.14. The van der Waals surface area contributed by atoms with Crippen LogP contribution < -0.4 is 5.32 Å². The van der Waals surface area contributed by atoms with Gasteiger partial charge in [-0.2, -0.15) is 0 Å². The fourth-order valence-electron chi connectivity index (χ4n) is 2.03. The minimum Gasteiger partial charge on any atom is -0.480 e. The molecule has 0 heterocycles. The average molecular weight is 227 g/mol. The molecule has 1 saturated carbocycles. The summed E-state index contributed by atoms with van der Waals surface area (Å²) in [6.07, 6.45) is 3.11. The molecule has 1 fully saturated rings. The lowest BCUT2D eigenvalue weighted by molar-refractivity contribution is -0.142. The summed E-state index contributed by atoms with van der Waals surface area (Å²) >= 11 is 0. The van der Waals surface area contributed by atoms with E-state index in [1.54, 1.807) is 0 Å². The molecule has 0 saturated heterocycles. The number of hydrogen-bond acceptors (Lipinski definition) is 2. The highest BCUT2D eigenvalue weighted by Gasteiger charge is 2.53. The van der Waals surface area contributed by atoms with E-state index in [2.05, 4.69) is 19.2 Å². The number of carboxylic acids is 1. The van der Waals surface area contributed by atoms with Crippen molar-refractivity contribution in [2.45, 2.75) is 52.5 Å². The first-order valence-corrected chi connectivity index (χ1v) is 5.97. The van der Waals surface area contributed by atoms with Crippen molar-refractivity contribution in [3.8, 4) is 0 Å². The molecule has 0 radical (unpaired) electrons. The van der Waals surface area contributed by atoms with E-state index in [4.69, 9.17) is 5.11 Å². The number of carboxylic acid groups (broad SMARTS) is 1. The topological polar surface area (TPSA) is 66.4 Å². The average Bonchev–Trinajstić information content (AvgIpc) is 2.91. The summed E-state index contributed by atoms with van der Waals surface area (Å²) in [5.41, 5.74) is 0.0966. The number of rotatable bonds is 6. The zero-order valence-corrected chi connectivity index (χ0v) is 10.2. The van der Waals surface area contributed by atoms with Gasteiger partial charge in [-0.15, -0.1) is 0 Å². The predicted octanol–water partition coefficient (Wildman–Crippen LogP) is 1.79. The zero-order valence-electron chi connectivity index (χ0n) is 10.2. The highest BCUT2D eigenvalue weighted by molar-refractivity contribution is 5.87. The minimum absolute atomic E-state index is 0.0104. The molecule has 0 aromatic carbocycles. The van der Waals surface area contributed by atoms with Gasteiger partial charge in [-0.05, 0) is 24.7 Å². The summed E-state index contributed by atoms with van der Waals surface area (Å²) in [6.45, 7) is 6.05. The van der Waals surface area contributed by atoms with Crippen LogP contribution in [0.5, 0.6) is 0 Å². The summed E-state index contributed by atoms with van der Waals surface area (Å²) in [4.78, 5) is 22.7.